The molecular formula is C24H38IN7. The summed E-state index contributed by atoms with van der Waals surface area (Å²) in [5.74, 6) is 1.66. The quantitative estimate of drug-likeness (QED) is 0.352. The van der Waals surface area contributed by atoms with Crippen molar-refractivity contribution in [2.45, 2.75) is 32.4 Å². The predicted octanol–water partition coefficient (Wildman–Crippen LogP) is 3.17. The predicted molar refractivity (Wildman–Crippen MR) is 143 cm³/mol. The number of guanidine groups is 1. The maximum atomic E-state index is 4.60. The molecule has 1 aromatic carbocycles. The number of piperazine rings is 1. The third-order valence-electron chi connectivity index (χ3n) is 6.95. The summed E-state index contributed by atoms with van der Waals surface area (Å²) < 4.78 is 2.25. The zero-order valence-electron chi connectivity index (χ0n) is 19.6. The number of aliphatic imine (C=N–C) groups is 1. The molecule has 0 saturated carbocycles. The maximum absolute atomic E-state index is 4.60. The van der Waals surface area contributed by atoms with Crippen molar-refractivity contribution in [1.82, 2.24) is 24.7 Å². The zero-order valence-corrected chi connectivity index (χ0v) is 21.9. The van der Waals surface area contributed by atoms with Gasteiger partial charge in [-0.05, 0) is 31.4 Å². The molecule has 1 N–H and O–H groups in total. The number of imidazole rings is 1. The number of anilines is 1. The van der Waals surface area contributed by atoms with Gasteiger partial charge in [-0.15, -0.1) is 24.0 Å². The average molecular weight is 552 g/mol. The number of hydrogen-bond donors (Lipinski definition) is 1. The number of para-hydroxylation sites is 1. The van der Waals surface area contributed by atoms with Gasteiger partial charge in [0, 0.05) is 77.0 Å². The topological polar surface area (TPSA) is 51.9 Å². The number of nitrogens with zero attached hydrogens (tertiary/aromatic N) is 6. The van der Waals surface area contributed by atoms with Crippen molar-refractivity contribution in [3.8, 4) is 0 Å². The molecule has 0 bridgehead atoms. The molecule has 176 valence electrons. The first-order valence-corrected chi connectivity index (χ1v) is 11.6. The van der Waals surface area contributed by atoms with Gasteiger partial charge in [0.25, 0.3) is 0 Å². The van der Waals surface area contributed by atoms with Crippen molar-refractivity contribution < 1.29 is 0 Å². The van der Waals surface area contributed by atoms with E-state index in [1.165, 1.54) is 12.1 Å². The van der Waals surface area contributed by atoms with E-state index in [4.69, 9.17) is 0 Å². The van der Waals surface area contributed by atoms with Gasteiger partial charge in [0.15, 0.2) is 5.96 Å². The third-order valence-corrected chi connectivity index (χ3v) is 6.95. The van der Waals surface area contributed by atoms with E-state index >= 15 is 0 Å². The van der Waals surface area contributed by atoms with Crippen molar-refractivity contribution in [1.29, 1.82) is 0 Å². The van der Waals surface area contributed by atoms with Gasteiger partial charge in [-0.2, -0.15) is 0 Å². The number of rotatable bonds is 5. The fraction of sp³-hybridized carbons (Fsp3) is 0.583. The van der Waals surface area contributed by atoms with Crippen LogP contribution in [0.2, 0.25) is 0 Å². The molecule has 0 amide bonds. The smallest absolute Gasteiger partial charge is 0.193 e. The van der Waals surface area contributed by atoms with Gasteiger partial charge >= 0.3 is 0 Å². The molecule has 0 radical (unpaired) electrons. The minimum Gasteiger partial charge on any atom is -0.369 e. The Kier molecular flexibility index (Phi) is 9.22. The highest BCUT2D eigenvalue weighted by molar-refractivity contribution is 14.0. The first-order chi connectivity index (χ1) is 15.2. The molecule has 8 heteroatoms. The van der Waals surface area contributed by atoms with Crippen LogP contribution in [0.25, 0.3) is 0 Å². The molecule has 3 unspecified atom stereocenters. The second-order valence-electron chi connectivity index (χ2n) is 8.92. The van der Waals surface area contributed by atoms with Crippen LogP contribution in [0.15, 0.2) is 54.0 Å². The lowest BCUT2D eigenvalue weighted by atomic mass is 9.93. The summed E-state index contributed by atoms with van der Waals surface area (Å²) in [5, 5.41) is 3.66. The average Bonchev–Trinajstić information content (AvgIpc) is 3.35. The van der Waals surface area contributed by atoms with Gasteiger partial charge in [0.1, 0.15) is 0 Å². The van der Waals surface area contributed by atoms with E-state index in [1.54, 1.807) is 0 Å². The highest BCUT2D eigenvalue weighted by atomic mass is 127. The van der Waals surface area contributed by atoms with Gasteiger partial charge in [-0.3, -0.25) is 9.89 Å². The number of hydrogen-bond acceptors (Lipinski definition) is 4. The van der Waals surface area contributed by atoms with E-state index in [1.807, 2.05) is 19.6 Å². The molecule has 4 rings (SSSR count). The van der Waals surface area contributed by atoms with Crippen LogP contribution in [-0.4, -0.2) is 84.2 Å². The molecule has 7 nitrogen and oxygen atoms in total. The summed E-state index contributed by atoms with van der Waals surface area (Å²) in [7, 11) is 1.90. The van der Waals surface area contributed by atoms with Crippen LogP contribution in [0.5, 0.6) is 0 Å². The van der Waals surface area contributed by atoms with Crippen molar-refractivity contribution in [2.24, 2.45) is 10.9 Å². The van der Waals surface area contributed by atoms with E-state index in [9.17, 15) is 0 Å². The first kappa shape index (κ1) is 24.8. The molecule has 1 aromatic heterocycles. The Bertz CT molecular complexity index is 818. The van der Waals surface area contributed by atoms with Crippen LogP contribution in [0.3, 0.4) is 0 Å². The van der Waals surface area contributed by atoms with Crippen LogP contribution >= 0.6 is 24.0 Å². The second kappa shape index (κ2) is 11.9. The molecule has 2 saturated heterocycles. The van der Waals surface area contributed by atoms with Crippen molar-refractivity contribution in [3.63, 3.8) is 0 Å². The van der Waals surface area contributed by atoms with E-state index in [2.05, 4.69) is 84.9 Å². The number of nitrogens with one attached hydrogen (secondary N) is 1. The minimum atomic E-state index is 0. The Balaban J connectivity index is 0.00000289. The maximum Gasteiger partial charge on any atom is 0.193 e. The fourth-order valence-corrected chi connectivity index (χ4v) is 4.86. The van der Waals surface area contributed by atoms with Crippen LogP contribution in [-0.2, 0) is 0 Å². The van der Waals surface area contributed by atoms with Crippen molar-refractivity contribution in [3.05, 3.63) is 49.1 Å². The number of aromatic nitrogens is 2. The standard InChI is InChI=1S/C24H37N7.HI/c1-20-9-11-30(18-23(20)31-12-10-26-19-31)24(25-3)27-17-21(2)28-13-15-29(16-14-28)22-7-5-4-6-8-22;/h4-8,10,12,19-21,23H,9,11,13-18H2,1-3H3,(H,25,27);1H. The van der Waals surface area contributed by atoms with Crippen LogP contribution in [0, 0.1) is 5.92 Å². The van der Waals surface area contributed by atoms with Gasteiger partial charge < -0.3 is 19.7 Å². The third kappa shape index (κ3) is 5.95. The summed E-state index contributed by atoms with van der Waals surface area (Å²) in [4.78, 5) is 16.3. The summed E-state index contributed by atoms with van der Waals surface area (Å²) in [5.41, 5.74) is 1.33. The monoisotopic (exact) mass is 551 g/mol. The van der Waals surface area contributed by atoms with Crippen LogP contribution < -0.4 is 10.2 Å². The molecule has 0 spiro atoms. The van der Waals surface area contributed by atoms with Gasteiger partial charge in [0.05, 0.1) is 12.4 Å². The van der Waals surface area contributed by atoms with Crippen LogP contribution in [0.4, 0.5) is 5.69 Å². The van der Waals surface area contributed by atoms with Crippen LogP contribution in [0.1, 0.15) is 26.3 Å². The SMILES string of the molecule is CN=C(NCC(C)N1CCN(c2ccccc2)CC1)N1CCC(C)C(n2ccnc2)C1.I. The molecule has 2 aromatic rings. The summed E-state index contributed by atoms with van der Waals surface area (Å²) in [6, 6.07) is 11.7. The van der Waals surface area contributed by atoms with Gasteiger partial charge in [0.2, 0.25) is 0 Å². The van der Waals surface area contributed by atoms with E-state index in [0.29, 0.717) is 18.0 Å². The Morgan fingerprint density at radius 2 is 1.91 bits per heavy atom. The van der Waals surface area contributed by atoms with Crippen molar-refractivity contribution in [2.75, 3.05) is 57.8 Å². The minimum absolute atomic E-state index is 0. The highest BCUT2D eigenvalue weighted by Crippen LogP contribution is 2.27. The Hall–Kier alpha value is -1.81. The molecule has 3 atom stereocenters. The fourth-order valence-electron chi connectivity index (χ4n) is 4.86. The molecule has 3 heterocycles. The van der Waals surface area contributed by atoms with E-state index in [-0.39, 0.29) is 24.0 Å². The number of halogens is 1. The Labute approximate surface area is 209 Å². The lowest BCUT2D eigenvalue weighted by molar-refractivity contribution is 0.181. The van der Waals surface area contributed by atoms with Gasteiger partial charge in [-0.25, -0.2) is 4.98 Å². The Morgan fingerprint density at radius 3 is 2.56 bits per heavy atom. The van der Waals surface area contributed by atoms with E-state index < -0.39 is 0 Å². The molecule has 0 aliphatic carbocycles. The summed E-state index contributed by atoms with van der Waals surface area (Å²) in [6.07, 6.45) is 7.06. The molecular weight excluding hydrogens is 513 g/mol. The second-order valence-corrected chi connectivity index (χ2v) is 8.92. The van der Waals surface area contributed by atoms with Gasteiger partial charge in [-0.1, -0.05) is 25.1 Å². The number of benzene rings is 1. The molecule has 32 heavy (non-hydrogen) atoms. The van der Waals surface area contributed by atoms with Crippen molar-refractivity contribution >= 4 is 35.6 Å². The number of likely N-dealkylation sites (tertiary alicyclic amines) is 1. The molecule has 2 aliphatic rings. The van der Waals surface area contributed by atoms with E-state index in [0.717, 1.165) is 51.8 Å². The lowest BCUT2D eigenvalue weighted by Crippen LogP contribution is -2.54. The summed E-state index contributed by atoms with van der Waals surface area (Å²) >= 11 is 0. The number of piperidine rings is 1. The largest absolute Gasteiger partial charge is 0.369 e. The first-order valence-electron chi connectivity index (χ1n) is 11.6. The highest BCUT2D eigenvalue weighted by Gasteiger charge is 2.29. The lowest BCUT2D eigenvalue weighted by Gasteiger charge is -2.41. The summed E-state index contributed by atoms with van der Waals surface area (Å²) in [6.45, 7) is 12.0. The zero-order chi connectivity index (χ0) is 21.6. The normalized spacial score (nSPS) is 23.5. The Morgan fingerprint density at radius 1 is 1.16 bits per heavy atom. The molecule has 2 aliphatic heterocycles. The molecule has 2 fully saturated rings.